The summed E-state index contributed by atoms with van der Waals surface area (Å²) in [6.45, 7) is 3.80. The van der Waals surface area contributed by atoms with Crippen molar-refractivity contribution < 1.29 is 24.2 Å². The molecule has 0 saturated heterocycles. The topological polar surface area (TPSA) is 114 Å². The Hall–Kier alpha value is -4.14. The van der Waals surface area contributed by atoms with Crippen LogP contribution >= 0.6 is 0 Å². The lowest BCUT2D eigenvalue weighted by Gasteiger charge is -2.23. The molecular weight excluding hydrogens is 448 g/mol. The van der Waals surface area contributed by atoms with Crippen molar-refractivity contribution in [2.24, 2.45) is 13.0 Å². The molecule has 182 valence electrons. The van der Waals surface area contributed by atoms with E-state index in [0.717, 1.165) is 22.3 Å². The van der Waals surface area contributed by atoms with E-state index in [2.05, 4.69) is 22.5 Å². The van der Waals surface area contributed by atoms with E-state index < -0.39 is 23.9 Å². The Labute approximate surface area is 203 Å². The van der Waals surface area contributed by atoms with E-state index in [9.17, 15) is 19.5 Å². The van der Waals surface area contributed by atoms with Crippen molar-refractivity contribution in [1.29, 1.82) is 0 Å². The van der Waals surface area contributed by atoms with Crippen LogP contribution in [0, 0.1) is 5.92 Å². The maximum Gasteiger partial charge on any atom is 0.411 e. The second-order valence-electron chi connectivity index (χ2n) is 8.56. The van der Waals surface area contributed by atoms with Crippen LogP contribution in [-0.2, 0) is 16.6 Å². The van der Waals surface area contributed by atoms with Crippen LogP contribution in [0.4, 0.5) is 10.5 Å². The molecular formula is C26H28N4O5. The number of anilines is 1. The number of carboxylic acid groups (broad SMARTS) is 1. The highest BCUT2D eigenvalue weighted by Crippen LogP contribution is 2.44. The van der Waals surface area contributed by atoms with Gasteiger partial charge in [-0.3, -0.25) is 19.6 Å². The van der Waals surface area contributed by atoms with Crippen LogP contribution in [0.15, 0.2) is 54.7 Å². The van der Waals surface area contributed by atoms with Crippen LogP contribution in [0.5, 0.6) is 0 Å². The molecule has 1 atom stereocenters. The fourth-order valence-corrected chi connectivity index (χ4v) is 4.44. The molecule has 4 rings (SSSR count). The van der Waals surface area contributed by atoms with E-state index in [1.807, 2.05) is 36.4 Å². The summed E-state index contributed by atoms with van der Waals surface area (Å²) in [4.78, 5) is 38.5. The highest BCUT2D eigenvalue weighted by molar-refractivity contribution is 6.01. The minimum absolute atomic E-state index is 0.0419. The molecule has 3 aromatic rings. The van der Waals surface area contributed by atoms with Crippen molar-refractivity contribution in [1.82, 2.24) is 14.7 Å². The van der Waals surface area contributed by atoms with Gasteiger partial charge in [0.2, 0.25) is 0 Å². The van der Waals surface area contributed by atoms with Gasteiger partial charge in [0.15, 0.2) is 0 Å². The number of rotatable bonds is 8. The van der Waals surface area contributed by atoms with Crippen molar-refractivity contribution in [3.63, 3.8) is 0 Å². The van der Waals surface area contributed by atoms with Gasteiger partial charge in [-0.2, -0.15) is 5.10 Å². The lowest BCUT2D eigenvalue weighted by molar-refractivity contribution is -0.141. The molecule has 0 bridgehead atoms. The first kappa shape index (κ1) is 24.0. The molecule has 1 aliphatic rings. The van der Waals surface area contributed by atoms with Gasteiger partial charge in [-0.25, -0.2) is 4.79 Å². The number of aliphatic carboxylic acids is 1. The highest BCUT2D eigenvalue weighted by atomic mass is 16.5. The Morgan fingerprint density at radius 1 is 1.11 bits per heavy atom. The third-order valence-corrected chi connectivity index (χ3v) is 6.31. The minimum atomic E-state index is -0.988. The van der Waals surface area contributed by atoms with Gasteiger partial charge in [-0.05, 0) is 29.2 Å². The summed E-state index contributed by atoms with van der Waals surface area (Å²) >= 11 is 0. The molecule has 1 aliphatic carbocycles. The molecule has 0 spiro atoms. The fraction of sp³-hybridized carbons (Fsp3) is 0.308. The standard InChI is InChI=1S/C26H28N4O5/c1-4-30(14-16(2)25(32)33)24(31)23-22(13-27-29(23)3)28-26(34)35-15-21-19-11-7-5-9-17(19)18-10-6-8-12-20(18)21/h5-13,16,21H,4,14-15H2,1-3H3,(H,28,34)(H,32,33). The summed E-state index contributed by atoms with van der Waals surface area (Å²) in [5.41, 5.74) is 4.82. The summed E-state index contributed by atoms with van der Waals surface area (Å²) in [5, 5.41) is 15.9. The lowest BCUT2D eigenvalue weighted by Crippen LogP contribution is -2.38. The quantitative estimate of drug-likeness (QED) is 0.509. The van der Waals surface area contributed by atoms with Crippen LogP contribution < -0.4 is 5.32 Å². The van der Waals surface area contributed by atoms with E-state index in [1.54, 1.807) is 14.0 Å². The smallest absolute Gasteiger partial charge is 0.411 e. The summed E-state index contributed by atoms with van der Waals surface area (Å²) in [5.74, 6) is -2.23. The first-order valence-corrected chi connectivity index (χ1v) is 11.5. The number of carbonyl (C=O) groups excluding carboxylic acids is 2. The summed E-state index contributed by atoms with van der Waals surface area (Å²) in [6.07, 6.45) is 0.680. The number of hydrogen-bond acceptors (Lipinski definition) is 5. The predicted molar refractivity (Wildman–Crippen MR) is 130 cm³/mol. The summed E-state index contributed by atoms with van der Waals surface area (Å²) in [7, 11) is 1.59. The number of fused-ring (bicyclic) bond motifs is 3. The lowest BCUT2D eigenvalue weighted by atomic mass is 9.98. The average Bonchev–Trinajstić information content (AvgIpc) is 3.37. The first-order chi connectivity index (χ1) is 16.8. The summed E-state index contributed by atoms with van der Waals surface area (Å²) < 4.78 is 6.94. The van der Waals surface area contributed by atoms with E-state index in [4.69, 9.17) is 4.74 Å². The Morgan fingerprint density at radius 2 is 1.71 bits per heavy atom. The Kier molecular flexibility index (Phi) is 6.86. The molecule has 9 heteroatoms. The molecule has 0 saturated carbocycles. The second-order valence-corrected chi connectivity index (χ2v) is 8.56. The monoisotopic (exact) mass is 476 g/mol. The molecule has 1 aromatic heterocycles. The van der Waals surface area contributed by atoms with Crippen molar-refractivity contribution in [2.75, 3.05) is 25.0 Å². The number of carbonyl (C=O) groups is 3. The molecule has 2 amide bonds. The largest absolute Gasteiger partial charge is 0.481 e. The van der Waals surface area contributed by atoms with Gasteiger partial charge in [0.05, 0.1) is 17.8 Å². The second kappa shape index (κ2) is 10.0. The van der Waals surface area contributed by atoms with Gasteiger partial charge in [0.1, 0.15) is 12.3 Å². The number of aryl methyl sites for hydroxylation is 1. The van der Waals surface area contributed by atoms with Crippen LogP contribution in [0.25, 0.3) is 11.1 Å². The van der Waals surface area contributed by atoms with Crippen LogP contribution in [0.1, 0.15) is 41.4 Å². The fourth-order valence-electron chi connectivity index (χ4n) is 4.44. The number of hydrogen-bond donors (Lipinski definition) is 2. The van der Waals surface area contributed by atoms with Crippen LogP contribution in [0.2, 0.25) is 0 Å². The van der Waals surface area contributed by atoms with Crippen molar-refractivity contribution in [2.45, 2.75) is 19.8 Å². The number of ether oxygens (including phenoxy) is 1. The molecule has 1 unspecified atom stereocenters. The number of nitrogens with zero attached hydrogens (tertiary/aromatic N) is 3. The van der Waals surface area contributed by atoms with Crippen LogP contribution in [0.3, 0.4) is 0 Å². The predicted octanol–water partition coefficient (Wildman–Crippen LogP) is 3.96. The van der Waals surface area contributed by atoms with Crippen molar-refractivity contribution >= 4 is 23.7 Å². The van der Waals surface area contributed by atoms with E-state index in [0.29, 0.717) is 6.54 Å². The zero-order valence-corrected chi connectivity index (χ0v) is 19.9. The third-order valence-electron chi connectivity index (χ3n) is 6.31. The highest BCUT2D eigenvalue weighted by Gasteiger charge is 2.30. The Bertz CT molecular complexity index is 1220. The number of amides is 2. The van der Waals surface area contributed by atoms with Gasteiger partial charge in [-0.15, -0.1) is 0 Å². The summed E-state index contributed by atoms with van der Waals surface area (Å²) in [6, 6.07) is 16.1. The van der Waals surface area contributed by atoms with Crippen molar-refractivity contribution in [3.8, 4) is 11.1 Å². The van der Waals surface area contributed by atoms with Gasteiger partial charge >= 0.3 is 12.1 Å². The normalized spacial score (nSPS) is 13.0. The Balaban J connectivity index is 1.46. The number of benzene rings is 2. The van der Waals surface area contributed by atoms with Gasteiger partial charge in [0.25, 0.3) is 5.91 Å². The number of aromatic nitrogens is 2. The van der Waals surface area contributed by atoms with E-state index >= 15 is 0 Å². The maximum absolute atomic E-state index is 13.1. The average molecular weight is 477 g/mol. The number of carboxylic acids is 1. The molecule has 0 radical (unpaired) electrons. The molecule has 0 aliphatic heterocycles. The molecule has 9 nitrogen and oxygen atoms in total. The SMILES string of the molecule is CCN(CC(C)C(=O)O)C(=O)c1c(NC(=O)OCC2c3ccccc3-c3ccccc32)cnn1C. The molecule has 2 N–H and O–H groups in total. The van der Waals surface area contributed by atoms with Crippen LogP contribution in [-0.4, -0.2) is 57.5 Å². The van der Waals surface area contributed by atoms with E-state index in [1.165, 1.54) is 22.7 Å². The molecule has 35 heavy (non-hydrogen) atoms. The van der Waals surface area contributed by atoms with Gasteiger partial charge in [0, 0.05) is 26.1 Å². The van der Waals surface area contributed by atoms with Gasteiger partial charge < -0.3 is 14.7 Å². The number of nitrogens with one attached hydrogen (secondary N) is 1. The minimum Gasteiger partial charge on any atom is -0.481 e. The maximum atomic E-state index is 13.1. The molecule has 1 heterocycles. The zero-order chi connectivity index (χ0) is 25.1. The zero-order valence-electron chi connectivity index (χ0n) is 19.9. The first-order valence-electron chi connectivity index (χ1n) is 11.5. The van der Waals surface area contributed by atoms with Gasteiger partial charge in [-0.1, -0.05) is 55.5 Å². The van der Waals surface area contributed by atoms with Crippen molar-refractivity contribution in [3.05, 3.63) is 71.5 Å². The van der Waals surface area contributed by atoms with E-state index in [-0.39, 0.29) is 30.5 Å². The third kappa shape index (κ3) is 4.75. The molecule has 0 fully saturated rings. The molecule has 2 aromatic carbocycles. The Morgan fingerprint density at radius 3 is 2.29 bits per heavy atom.